The largest absolute Gasteiger partial charge is 0.416 e. The van der Waals surface area contributed by atoms with Gasteiger partial charge >= 0.3 is 6.18 Å². The third-order valence-corrected chi connectivity index (χ3v) is 5.24. The highest BCUT2D eigenvalue weighted by Crippen LogP contribution is 2.29. The Hall–Kier alpha value is -2.91. The molecule has 1 aliphatic heterocycles. The number of rotatable bonds is 6. The molecule has 1 saturated heterocycles. The summed E-state index contributed by atoms with van der Waals surface area (Å²) in [5.41, 5.74) is 0.312. The maximum absolute atomic E-state index is 12.7. The van der Waals surface area contributed by atoms with Gasteiger partial charge in [-0.05, 0) is 43.3 Å². The first-order chi connectivity index (χ1) is 14.7. The minimum atomic E-state index is -4.41. The van der Waals surface area contributed by atoms with E-state index in [0.717, 1.165) is 17.8 Å². The lowest BCUT2D eigenvalue weighted by molar-refractivity contribution is -0.137. The lowest BCUT2D eigenvalue weighted by Crippen LogP contribution is -2.53. The van der Waals surface area contributed by atoms with Crippen molar-refractivity contribution in [3.05, 3.63) is 60.2 Å². The van der Waals surface area contributed by atoms with Crippen molar-refractivity contribution in [1.29, 1.82) is 0 Å². The molecule has 0 aromatic heterocycles. The second-order valence-electron chi connectivity index (χ2n) is 7.47. The second kappa shape index (κ2) is 9.93. The van der Waals surface area contributed by atoms with E-state index in [0.29, 0.717) is 31.9 Å². The number of nitrogens with one attached hydrogen (secondary N) is 2. The van der Waals surface area contributed by atoms with Gasteiger partial charge in [-0.25, -0.2) is 0 Å². The van der Waals surface area contributed by atoms with E-state index >= 15 is 0 Å². The summed E-state index contributed by atoms with van der Waals surface area (Å²) >= 11 is 0. The van der Waals surface area contributed by atoms with E-state index in [1.807, 2.05) is 40.1 Å². The molecule has 0 radical (unpaired) electrons. The Labute approximate surface area is 179 Å². The number of hydrogen-bond donors (Lipinski definition) is 2. The summed E-state index contributed by atoms with van der Waals surface area (Å²) in [5.74, 6) is -0.372. The van der Waals surface area contributed by atoms with Crippen molar-refractivity contribution in [2.75, 3.05) is 43.4 Å². The molecule has 31 heavy (non-hydrogen) atoms. The third kappa shape index (κ3) is 6.53. The molecule has 1 fully saturated rings. The summed E-state index contributed by atoms with van der Waals surface area (Å²) in [6.45, 7) is 4.53. The zero-order valence-corrected chi connectivity index (χ0v) is 17.2. The van der Waals surface area contributed by atoms with Crippen molar-refractivity contribution < 1.29 is 22.8 Å². The molecule has 0 saturated carbocycles. The molecule has 1 atom stereocenters. The van der Waals surface area contributed by atoms with Crippen molar-refractivity contribution in [1.82, 2.24) is 9.80 Å². The number of carbonyl (C=O) groups excluding carboxylic acids is 2. The van der Waals surface area contributed by atoms with Gasteiger partial charge in [0.2, 0.25) is 11.8 Å². The van der Waals surface area contributed by atoms with Gasteiger partial charge in [-0.2, -0.15) is 13.2 Å². The SMILES string of the molecule is CC(C(=O)Nc1ccc(C(F)(F)F)cc1)N1CCN(CC(=O)Nc2ccccc2)CC1. The molecule has 0 bridgehead atoms. The molecule has 9 heteroatoms. The van der Waals surface area contributed by atoms with Gasteiger partial charge in [0.1, 0.15) is 0 Å². The first-order valence-electron chi connectivity index (χ1n) is 10.0. The van der Waals surface area contributed by atoms with E-state index in [9.17, 15) is 22.8 Å². The number of carbonyl (C=O) groups is 2. The highest BCUT2D eigenvalue weighted by molar-refractivity contribution is 5.94. The van der Waals surface area contributed by atoms with Gasteiger partial charge in [-0.1, -0.05) is 18.2 Å². The summed E-state index contributed by atoms with van der Waals surface area (Å²) < 4.78 is 38.0. The van der Waals surface area contributed by atoms with Gasteiger partial charge in [0.05, 0.1) is 18.2 Å². The van der Waals surface area contributed by atoms with Crippen molar-refractivity contribution in [2.45, 2.75) is 19.1 Å². The Morgan fingerprint density at radius 1 is 0.903 bits per heavy atom. The molecule has 3 rings (SSSR count). The van der Waals surface area contributed by atoms with E-state index in [1.54, 1.807) is 6.92 Å². The Balaban J connectivity index is 1.44. The van der Waals surface area contributed by atoms with E-state index in [1.165, 1.54) is 12.1 Å². The third-order valence-electron chi connectivity index (χ3n) is 5.24. The normalized spacial score (nSPS) is 16.5. The minimum absolute atomic E-state index is 0.0901. The smallest absolute Gasteiger partial charge is 0.325 e. The van der Waals surface area contributed by atoms with Gasteiger partial charge in [-0.3, -0.25) is 19.4 Å². The predicted molar refractivity (Wildman–Crippen MR) is 113 cm³/mol. The zero-order chi connectivity index (χ0) is 22.4. The maximum Gasteiger partial charge on any atom is 0.416 e. The van der Waals surface area contributed by atoms with Crippen LogP contribution in [0.15, 0.2) is 54.6 Å². The van der Waals surface area contributed by atoms with Crippen molar-refractivity contribution >= 4 is 23.2 Å². The lowest BCUT2D eigenvalue weighted by Gasteiger charge is -2.37. The van der Waals surface area contributed by atoms with Gasteiger partial charge in [0.25, 0.3) is 0 Å². The van der Waals surface area contributed by atoms with E-state index in [-0.39, 0.29) is 18.4 Å². The van der Waals surface area contributed by atoms with E-state index in [2.05, 4.69) is 10.6 Å². The van der Waals surface area contributed by atoms with E-state index < -0.39 is 17.8 Å². The first kappa shape index (κ1) is 22.8. The summed E-state index contributed by atoms with van der Waals surface area (Å²) in [6.07, 6.45) is -4.41. The fraction of sp³-hybridized carbons (Fsp3) is 0.364. The van der Waals surface area contributed by atoms with Crippen LogP contribution in [-0.2, 0) is 15.8 Å². The Morgan fingerprint density at radius 3 is 2.06 bits per heavy atom. The zero-order valence-electron chi connectivity index (χ0n) is 17.2. The number of anilines is 2. The molecular weight excluding hydrogens is 409 g/mol. The molecule has 2 aromatic rings. The number of hydrogen-bond acceptors (Lipinski definition) is 4. The van der Waals surface area contributed by atoms with Gasteiger partial charge in [-0.15, -0.1) is 0 Å². The average Bonchev–Trinajstić information content (AvgIpc) is 2.74. The lowest BCUT2D eigenvalue weighted by atomic mass is 10.1. The molecular formula is C22H25F3N4O2. The molecule has 6 nitrogen and oxygen atoms in total. The van der Waals surface area contributed by atoms with Crippen molar-refractivity contribution in [2.24, 2.45) is 0 Å². The molecule has 2 amide bonds. The molecule has 2 aromatic carbocycles. The van der Waals surface area contributed by atoms with Crippen LogP contribution >= 0.6 is 0 Å². The van der Waals surface area contributed by atoms with Crippen LogP contribution in [-0.4, -0.2) is 60.4 Å². The Kier molecular flexibility index (Phi) is 7.29. The molecule has 0 aliphatic carbocycles. The summed E-state index contributed by atoms with van der Waals surface area (Å²) in [6, 6.07) is 13.2. The number of amides is 2. The molecule has 1 unspecified atom stereocenters. The number of benzene rings is 2. The number of halogens is 3. The van der Waals surface area contributed by atoms with Gasteiger partial charge < -0.3 is 10.6 Å². The quantitative estimate of drug-likeness (QED) is 0.733. The van der Waals surface area contributed by atoms with Crippen LogP contribution in [0.5, 0.6) is 0 Å². The average molecular weight is 434 g/mol. The van der Waals surface area contributed by atoms with Gasteiger partial charge in [0, 0.05) is 37.6 Å². The summed E-state index contributed by atoms with van der Waals surface area (Å²) in [7, 11) is 0. The molecule has 0 spiro atoms. The summed E-state index contributed by atoms with van der Waals surface area (Å²) in [4.78, 5) is 28.7. The van der Waals surface area contributed by atoms with Crippen LogP contribution in [0.25, 0.3) is 0 Å². The second-order valence-corrected chi connectivity index (χ2v) is 7.47. The fourth-order valence-electron chi connectivity index (χ4n) is 3.39. The Bertz CT molecular complexity index is 880. The maximum atomic E-state index is 12.7. The fourth-order valence-corrected chi connectivity index (χ4v) is 3.39. The summed E-state index contributed by atoms with van der Waals surface area (Å²) in [5, 5.41) is 5.52. The van der Waals surface area contributed by atoms with Crippen LogP contribution in [0.2, 0.25) is 0 Å². The molecule has 1 aliphatic rings. The number of piperazine rings is 1. The van der Waals surface area contributed by atoms with Crippen molar-refractivity contribution in [3.63, 3.8) is 0 Å². The van der Waals surface area contributed by atoms with Crippen LogP contribution in [0.1, 0.15) is 12.5 Å². The van der Waals surface area contributed by atoms with Crippen LogP contribution in [0, 0.1) is 0 Å². The van der Waals surface area contributed by atoms with Crippen LogP contribution in [0.3, 0.4) is 0 Å². The molecule has 166 valence electrons. The predicted octanol–water partition coefficient (Wildman–Crippen LogP) is 3.29. The number of nitrogens with zero attached hydrogens (tertiary/aromatic N) is 2. The monoisotopic (exact) mass is 434 g/mol. The van der Waals surface area contributed by atoms with Crippen LogP contribution < -0.4 is 10.6 Å². The first-order valence-corrected chi connectivity index (χ1v) is 10.0. The molecule has 1 heterocycles. The number of para-hydroxylation sites is 1. The molecule has 2 N–H and O–H groups in total. The van der Waals surface area contributed by atoms with Crippen molar-refractivity contribution in [3.8, 4) is 0 Å². The van der Waals surface area contributed by atoms with Crippen LogP contribution in [0.4, 0.5) is 24.5 Å². The highest BCUT2D eigenvalue weighted by atomic mass is 19.4. The highest BCUT2D eigenvalue weighted by Gasteiger charge is 2.30. The minimum Gasteiger partial charge on any atom is -0.325 e. The standard InChI is InChI=1S/C22H25F3N4O2/c1-16(21(31)27-19-9-7-17(8-10-19)22(23,24)25)29-13-11-28(12-14-29)15-20(30)26-18-5-3-2-4-6-18/h2-10,16H,11-15H2,1H3,(H,26,30)(H,27,31). The van der Waals surface area contributed by atoms with E-state index in [4.69, 9.17) is 0 Å². The van der Waals surface area contributed by atoms with Gasteiger partial charge in [0.15, 0.2) is 0 Å². The topological polar surface area (TPSA) is 64.7 Å². The number of alkyl halides is 3. The Morgan fingerprint density at radius 2 is 1.48 bits per heavy atom.